The molecule has 2 N–H and O–H groups in total. The summed E-state index contributed by atoms with van der Waals surface area (Å²) in [5.74, 6) is 0.571. The van der Waals surface area contributed by atoms with Crippen LogP contribution in [0, 0.1) is 19.8 Å². The number of likely N-dealkylation sites (tertiary alicyclic amines) is 1. The number of carbonyl (C=O) groups is 2. The molecule has 8 heteroatoms. The van der Waals surface area contributed by atoms with Crippen LogP contribution in [0.15, 0.2) is 46.4 Å². The molecule has 31 heavy (non-hydrogen) atoms. The van der Waals surface area contributed by atoms with Crippen molar-refractivity contribution in [3.8, 4) is 11.5 Å². The van der Waals surface area contributed by atoms with Crippen molar-refractivity contribution in [2.45, 2.75) is 26.7 Å². The van der Waals surface area contributed by atoms with Gasteiger partial charge in [0.2, 0.25) is 11.8 Å². The minimum absolute atomic E-state index is 0.0141. The number of rotatable bonds is 6. The summed E-state index contributed by atoms with van der Waals surface area (Å²) in [4.78, 5) is 31.6. The lowest BCUT2D eigenvalue weighted by atomic mass is 9.96. The first-order valence-corrected chi connectivity index (χ1v) is 11.3. The summed E-state index contributed by atoms with van der Waals surface area (Å²) < 4.78 is 5.34. The lowest BCUT2D eigenvalue weighted by Crippen LogP contribution is -2.41. The Morgan fingerprint density at radius 3 is 2.71 bits per heavy atom. The Kier molecular flexibility index (Phi) is 6.48. The summed E-state index contributed by atoms with van der Waals surface area (Å²) in [6.07, 6.45) is 3.04. The molecule has 1 saturated heterocycles. The summed E-state index contributed by atoms with van der Waals surface area (Å²) in [6, 6.07) is 9.64. The molecule has 4 rings (SSSR count). The molecule has 0 bridgehead atoms. The maximum absolute atomic E-state index is 12.6. The summed E-state index contributed by atoms with van der Waals surface area (Å²) in [5.41, 5.74) is 3.80. The quantitative estimate of drug-likeness (QED) is 0.599. The Hall–Kier alpha value is -2.97. The Morgan fingerprint density at radius 2 is 2.00 bits per heavy atom. The van der Waals surface area contributed by atoms with Crippen molar-refractivity contribution in [1.29, 1.82) is 0 Å². The predicted molar refractivity (Wildman–Crippen MR) is 122 cm³/mol. The van der Waals surface area contributed by atoms with E-state index in [4.69, 9.17) is 4.42 Å². The third kappa shape index (κ3) is 5.39. The van der Waals surface area contributed by atoms with E-state index in [1.54, 1.807) is 6.26 Å². The second kappa shape index (κ2) is 9.45. The van der Waals surface area contributed by atoms with Crippen molar-refractivity contribution in [2.24, 2.45) is 5.92 Å². The van der Waals surface area contributed by atoms with Gasteiger partial charge in [-0.05, 0) is 63.5 Å². The zero-order valence-electron chi connectivity index (χ0n) is 17.7. The SMILES string of the molecule is Cc1ccc(NC(=O)CN2CCC(C(=O)Nc3nc(-c4ccco4)cs3)CC2)c(C)c1. The van der Waals surface area contributed by atoms with Crippen molar-refractivity contribution in [3.05, 3.63) is 53.1 Å². The first kappa shape index (κ1) is 21.3. The lowest BCUT2D eigenvalue weighted by molar-refractivity contribution is -0.121. The number of nitrogens with one attached hydrogen (secondary N) is 2. The molecule has 1 aliphatic heterocycles. The van der Waals surface area contributed by atoms with E-state index < -0.39 is 0 Å². The van der Waals surface area contributed by atoms with Crippen molar-refractivity contribution in [2.75, 3.05) is 30.3 Å². The number of furan rings is 1. The molecule has 0 radical (unpaired) electrons. The van der Waals surface area contributed by atoms with Crippen LogP contribution in [0.25, 0.3) is 11.5 Å². The Balaban J connectivity index is 1.23. The van der Waals surface area contributed by atoms with E-state index in [1.807, 2.05) is 43.5 Å². The lowest BCUT2D eigenvalue weighted by Gasteiger charge is -2.30. The van der Waals surface area contributed by atoms with Crippen molar-refractivity contribution in [3.63, 3.8) is 0 Å². The highest BCUT2D eigenvalue weighted by Gasteiger charge is 2.26. The molecule has 7 nitrogen and oxygen atoms in total. The van der Waals surface area contributed by atoms with Gasteiger partial charge in [-0.25, -0.2) is 4.98 Å². The van der Waals surface area contributed by atoms with Crippen LogP contribution in [0.3, 0.4) is 0 Å². The fourth-order valence-corrected chi connectivity index (χ4v) is 4.48. The van der Waals surface area contributed by atoms with Crippen molar-refractivity contribution < 1.29 is 14.0 Å². The van der Waals surface area contributed by atoms with Crippen LogP contribution in [0.5, 0.6) is 0 Å². The molecule has 1 aromatic carbocycles. The Morgan fingerprint density at radius 1 is 1.19 bits per heavy atom. The van der Waals surface area contributed by atoms with Gasteiger partial charge >= 0.3 is 0 Å². The number of aromatic nitrogens is 1. The van der Waals surface area contributed by atoms with Gasteiger partial charge in [-0.2, -0.15) is 0 Å². The third-order valence-electron chi connectivity index (χ3n) is 5.49. The van der Waals surface area contributed by atoms with Crippen LogP contribution in [0.4, 0.5) is 10.8 Å². The van der Waals surface area contributed by atoms with Crippen LogP contribution < -0.4 is 10.6 Å². The monoisotopic (exact) mass is 438 g/mol. The zero-order chi connectivity index (χ0) is 21.8. The summed E-state index contributed by atoms with van der Waals surface area (Å²) in [6.45, 7) is 5.79. The molecule has 0 atom stereocenters. The molecule has 2 amide bonds. The van der Waals surface area contributed by atoms with E-state index in [2.05, 4.69) is 26.6 Å². The minimum Gasteiger partial charge on any atom is -0.463 e. The molecule has 0 spiro atoms. The molecule has 1 fully saturated rings. The maximum atomic E-state index is 12.6. The van der Waals surface area contributed by atoms with Gasteiger partial charge in [0.1, 0.15) is 5.69 Å². The van der Waals surface area contributed by atoms with Crippen LogP contribution >= 0.6 is 11.3 Å². The molecule has 1 aliphatic rings. The minimum atomic E-state index is -0.0744. The molecular formula is C23H26N4O3S. The number of anilines is 2. The number of carbonyl (C=O) groups excluding carboxylic acids is 2. The van der Waals surface area contributed by atoms with Gasteiger partial charge in [-0.3, -0.25) is 14.5 Å². The van der Waals surface area contributed by atoms with Gasteiger partial charge in [0.25, 0.3) is 0 Å². The smallest absolute Gasteiger partial charge is 0.238 e. The normalized spacial score (nSPS) is 15.0. The Bertz CT molecular complexity index is 1050. The van der Waals surface area contributed by atoms with Gasteiger partial charge in [-0.1, -0.05) is 17.7 Å². The third-order valence-corrected chi connectivity index (χ3v) is 6.25. The van der Waals surface area contributed by atoms with E-state index in [0.717, 1.165) is 29.8 Å². The maximum Gasteiger partial charge on any atom is 0.238 e. The molecule has 2 aromatic heterocycles. The summed E-state index contributed by atoms with van der Waals surface area (Å²) in [5, 5.41) is 8.35. The van der Waals surface area contributed by atoms with E-state index >= 15 is 0 Å². The standard InChI is InChI=1S/C23H26N4O3S/c1-15-5-6-18(16(2)12-15)24-21(28)13-27-9-7-17(8-10-27)22(29)26-23-25-19(14-31-23)20-4-3-11-30-20/h3-6,11-12,14,17H,7-10,13H2,1-2H3,(H,24,28)(H,25,26,29). The van der Waals surface area contributed by atoms with Gasteiger partial charge in [-0.15, -0.1) is 11.3 Å². The molecular weight excluding hydrogens is 412 g/mol. The molecule has 0 unspecified atom stereocenters. The van der Waals surface area contributed by atoms with E-state index in [-0.39, 0.29) is 17.7 Å². The van der Waals surface area contributed by atoms with E-state index in [9.17, 15) is 9.59 Å². The predicted octanol–water partition coefficient (Wildman–Crippen LogP) is 4.31. The average molecular weight is 439 g/mol. The fraction of sp³-hybridized carbons (Fsp3) is 0.348. The largest absolute Gasteiger partial charge is 0.463 e. The molecule has 162 valence electrons. The van der Waals surface area contributed by atoms with Crippen LogP contribution in [0.1, 0.15) is 24.0 Å². The molecule has 0 aliphatic carbocycles. The molecule has 3 heterocycles. The van der Waals surface area contributed by atoms with Gasteiger partial charge in [0.05, 0.1) is 12.8 Å². The number of piperidine rings is 1. The number of nitrogens with zero attached hydrogens (tertiary/aromatic N) is 2. The molecule has 3 aromatic rings. The average Bonchev–Trinajstić information content (AvgIpc) is 3.42. The summed E-state index contributed by atoms with van der Waals surface area (Å²) >= 11 is 1.39. The fourth-order valence-electron chi connectivity index (χ4n) is 3.78. The number of benzene rings is 1. The number of hydrogen-bond acceptors (Lipinski definition) is 6. The highest BCUT2D eigenvalue weighted by atomic mass is 32.1. The second-order valence-corrected chi connectivity index (χ2v) is 8.78. The number of thiazole rings is 1. The number of amides is 2. The first-order valence-electron chi connectivity index (χ1n) is 10.4. The summed E-state index contributed by atoms with van der Waals surface area (Å²) in [7, 11) is 0. The number of hydrogen-bond donors (Lipinski definition) is 2. The first-order chi connectivity index (χ1) is 15.0. The zero-order valence-corrected chi connectivity index (χ0v) is 18.5. The van der Waals surface area contributed by atoms with Gasteiger partial charge in [0.15, 0.2) is 10.9 Å². The number of aryl methyl sites for hydroxylation is 2. The topological polar surface area (TPSA) is 87.5 Å². The second-order valence-electron chi connectivity index (χ2n) is 7.92. The van der Waals surface area contributed by atoms with Crippen molar-refractivity contribution in [1.82, 2.24) is 9.88 Å². The van der Waals surface area contributed by atoms with Crippen LogP contribution in [-0.4, -0.2) is 41.3 Å². The van der Waals surface area contributed by atoms with E-state index in [0.29, 0.717) is 30.5 Å². The van der Waals surface area contributed by atoms with Gasteiger partial charge in [0, 0.05) is 17.0 Å². The van der Waals surface area contributed by atoms with Crippen LogP contribution in [0.2, 0.25) is 0 Å². The van der Waals surface area contributed by atoms with Crippen molar-refractivity contribution >= 4 is 34.0 Å². The Labute approximate surface area is 185 Å². The highest BCUT2D eigenvalue weighted by Crippen LogP contribution is 2.26. The van der Waals surface area contributed by atoms with Gasteiger partial charge < -0.3 is 15.1 Å². The highest BCUT2D eigenvalue weighted by molar-refractivity contribution is 7.14. The molecule has 0 saturated carbocycles. The van der Waals surface area contributed by atoms with E-state index in [1.165, 1.54) is 16.9 Å². The van der Waals surface area contributed by atoms with Crippen LogP contribution in [-0.2, 0) is 9.59 Å².